The first-order valence-corrected chi connectivity index (χ1v) is 20.7. The fourth-order valence-electron chi connectivity index (χ4n) is 6.76. The molecule has 0 atom stereocenters. The van der Waals surface area contributed by atoms with Crippen molar-refractivity contribution in [3.8, 4) is 33.8 Å². The molecule has 18 heteroatoms. The molecule has 0 spiro atoms. The Morgan fingerprint density at radius 1 is 0.429 bits per heavy atom. The third-order valence-corrected chi connectivity index (χ3v) is 9.96. The van der Waals surface area contributed by atoms with E-state index < -0.39 is 0 Å². The minimum Gasteiger partial charge on any atom is -0.326 e. The molecule has 0 radical (unpaired) electrons. The average molecular weight is 850 g/mol. The fourth-order valence-corrected chi connectivity index (χ4v) is 6.76. The minimum absolute atomic E-state index is 0.0546. The van der Waals surface area contributed by atoms with Crippen molar-refractivity contribution in [1.82, 2.24) is 60.9 Å². The van der Waals surface area contributed by atoms with Crippen LogP contribution in [0.3, 0.4) is 0 Å². The summed E-state index contributed by atoms with van der Waals surface area (Å²) >= 11 is 0. The number of aromatic nitrogens is 9. The van der Waals surface area contributed by atoms with Crippen molar-refractivity contribution in [2.45, 2.75) is 38.9 Å². The van der Waals surface area contributed by atoms with Crippen LogP contribution < -0.4 is 31.9 Å². The Bertz CT molecular complexity index is 2300. The van der Waals surface area contributed by atoms with E-state index >= 15 is 0 Å². The van der Waals surface area contributed by atoms with E-state index in [1.54, 1.807) is 14.0 Å². The predicted molar refractivity (Wildman–Crippen MR) is 242 cm³/mol. The number of nitrogens with zero attached hydrogens (tertiary/aromatic N) is 9. The summed E-state index contributed by atoms with van der Waals surface area (Å²) in [6.45, 7) is 3.17. The van der Waals surface area contributed by atoms with E-state index in [-0.39, 0.29) is 17.7 Å². The second-order valence-corrected chi connectivity index (χ2v) is 15.0. The van der Waals surface area contributed by atoms with E-state index in [0.717, 1.165) is 33.4 Å². The van der Waals surface area contributed by atoms with Crippen LogP contribution >= 0.6 is 0 Å². The lowest BCUT2D eigenvalue weighted by Gasteiger charge is -2.10. The van der Waals surface area contributed by atoms with Crippen LogP contribution in [0.25, 0.3) is 33.8 Å². The number of rotatable bonds is 21. The zero-order chi connectivity index (χ0) is 44.0. The van der Waals surface area contributed by atoms with Crippen molar-refractivity contribution in [1.29, 1.82) is 0 Å². The van der Waals surface area contributed by atoms with Gasteiger partial charge in [-0.2, -0.15) is 0 Å². The SMILES string of the molecule is CNCCC(=O)Nc1ccc(-c2cn(Cc3cc(Cn4cc(-c5ccc(NC(=O)CCNC)cc5)nn4)cc(Cn4cc(-c5ccc(NC(=O)CCNC)cc5)nn4)c3)nn2)cc1. The van der Waals surface area contributed by atoms with Crippen LogP contribution in [0.5, 0.6) is 0 Å². The Morgan fingerprint density at radius 2 is 0.698 bits per heavy atom. The van der Waals surface area contributed by atoms with Gasteiger partial charge in [0.05, 0.1) is 38.2 Å². The average Bonchev–Trinajstić information content (AvgIpc) is 4.07. The maximum atomic E-state index is 12.2. The normalized spacial score (nSPS) is 11.1. The Hall–Kier alpha value is -7.41. The number of hydrogen-bond donors (Lipinski definition) is 6. The lowest BCUT2D eigenvalue weighted by Crippen LogP contribution is -2.18. The molecular weight excluding hydrogens is 799 g/mol. The van der Waals surface area contributed by atoms with E-state index in [9.17, 15) is 14.4 Å². The van der Waals surface area contributed by atoms with E-state index in [1.165, 1.54) is 0 Å². The van der Waals surface area contributed by atoms with Crippen LogP contribution in [0.2, 0.25) is 0 Å². The van der Waals surface area contributed by atoms with Crippen molar-refractivity contribution in [3.05, 3.63) is 126 Å². The quantitative estimate of drug-likeness (QED) is 0.0599. The smallest absolute Gasteiger partial charge is 0.225 e. The fraction of sp³-hybridized carbons (Fsp3) is 0.267. The highest BCUT2D eigenvalue weighted by atomic mass is 16.2. The Kier molecular flexibility index (Phi) is 14.8. The summed E-state index contributed by atoms with van der Waals surface area (Å²) in [6.07, 6.45) is 6.87. The van der Waals surface area contributed by atoms with Crippen molar-refractivity contribution < 1.29 is 14.4 Å². The molecule has 0 bridgehead atoms. The van der Waals surface area contributed by atoms with Gasteiger partial charge in [0.15, 0.2) is 0 Å². The van der Waals surface area contributed by atoms with E-state index in [1.807, 2.05) is 113 Å². The van der Waals surface area contributed by atoms with E-state index in [2.05, 4.69) is 81.0 Å². The molecule has 4 aromatic carbocycles. The summed E-state index contributed by atoms with van der Waals surface area (Å²) in [6, 6.07) is 29.0. The number of anilines is 3. The van der Waals surface area contributed by atoms with Gasteiger partial charge in [0.2, 0.25) is 17.7 Å². The van der Waals surface area contributed by atoms with Gasteiger partial charge in [-0.05, 0) is 74.2 Å². The van der Waals surface area contributed by atoms with Crippen LogP contribution in [-0.4, -0.2) is 103 Å². The lowest BCUT2D eigenvalue weighted by atomic mass is 10.0. The number of benzene rings is 4. The molecule has 0 aliphatic rings. The highest BCUT2D eigenvalue weighted by Gasteiger charge is 2.13. The third-order valence-electron chi connectivity index (χ3n) is 9.96. The van der Waals surface area contributed by atoms with Crippen LogP contribution in [-0.2, 0) is 34.0 Å². The molecule has 18 nitrogen and oxygen atoms in total. The molecule has 0 saturated heterocycles. The van der Waals surface area contributed by atoms with E-state index in [0.29, 0.717) is 92.7 Å². The molecule has 324 valence electrons. The summed E-state index contributed by atoms with van der Waals surface area (Å²) in [5.41, 5.74) is 9.89. The third kappa shape index (κ3) is 12.6. The number of nitrogens with one attached hydrogen (secondary N) is 6. The minimum atomic E-state index is -0.0546. The predicted octanol–water partition coefficient (Wildman–Crippen LogP) is 4.25. The Morgan fingerprint density at radius 3 is 0.952 bits per heavy atom. The number of amides is 3. The van der Waals surface area contributed by atoms with Gasteiger partial charge in [0, 0.05) is 72.6 Å². The molecule has 7 rings (SSSR count). The van der Waals surface area contributed by atoms with Gasteiger partial charge in [-0.3, -0.25) is 14.4 Å². The molecule has 6 N–H and O–H groups in total. The van der Waals surface area contributed by atoms with Crippen LogP contribution in [0, 0.1) is 0 Å². The van der Waals surface area contributed by atoms with Crippen molar-refractivity contribution in [3.63, 3.8) is 0 Å². The summed E-state index contributed by atoms with van der Waals surface area (Å²) in [4.78, 5) is 36.5. The molecule has 0 fully saturated rings. The number of carbonyl (C=O) groups is 3. The first-order chi connectivity index (χ1) is 30.7. The van der Waals surface area contributed by atoms with Gasteiger partial charge in [0.25, 0.3) is 0 Å². The maximum absolute atomic E-state index is 12.2. The Balaban J connectivity index is 1.08. The van der Waals surface area contributed by atoms with Crippen molar-refractivity contribution in [2.75, 3.05) is 56.7 Å². The van der Waals surface area contributed by atoms with Gasteiger partial charge in [-0.1, -0.05) is 70.2 Å². The van der Waals surface area contributed by atoms with Gasteiger partial charge < -0.3 is 31.9 Å². The summed E-state index contributed by atoms with van der Waals surface area (Å²) < 4.78 is 5.39. The first kappa shape index (κ1) is 43.7. The molecule has 7 aromatic rings. The van der Waals surface area contributed by atoms with Gasteiger partial charge in [-0.25, -0.2) is 14.0 Å². The second-order valence-electron chi connectivity index (χ2n) is 15.0. The topological polar surface area (TPSA) is 216 Å². The lowest BCUT2D eigenvalue weighted by molar-refractivity contribution is -0.116. The van der Waals surface area contributed by atoms with Gasteiger partial charge >= 0.3 is 0 Å². The second kappa shape index (κ2) is 21.4. The molecule has 63 heavy (non-hydrogen) atoms. The molecule has 3 aromatic heterocycles. The van der Waals surface area contributed by atoms with Crippen LogP contribution in [0.1, 0.15) is 36.0 Å². The highest BCUT2D eigenvalue weighted by Crippen LogP contribution is 2.24. The number of carbonyl (C=O) groups excluding carboxylic acids is 3. The Labute approximate surface area is 364 Å². The molecule has 0 aliphatic heterocycles. The highest BCUT2D eigenvalue weighted by molar-refractivity contribution is 5.92. The summed E-state index contributed by atoms with van der Waals surface area (Å²) in [5.74, 6) is -0.164. The zero-order valence-electron chi connectivity index (χ0n) is 35.5. The van der Waals surface area contributed by atoms with Crippen molar-refractivity contribution >= 4 is 34.8 Å². The van der Waals surface area contributed by atoms with Crippen LogP contribution in [0.15, 0.2) is 110 Å². The largest absolute Gasteiger partial charge is 0.326 e. The standard InChI is InChI=1S/C45H51N15O3/c1-46-19-16-43(61)49-37-10-4-34(5-11-37)40-28-58(55-52-40)25-31-22-32(26-59-29-41(53-56-59)35-6-12-38(13-7-35)50-44(62)17-20-47-2)24-33(23-31)27-60-30-42(54-57-60)36-8-14-39(15-9-36)51-45(63)18-21-48-3/h4-15,22-24,28-30,46-48H,16-21,25-27H2,1-3H3,(H,49,61)(H,50,62)(H,51,63). The molecule has 3 amide bonds. The van der Waals surface area contributed by atoms with Crippen molar-refractivity contribution in [2.24, 2.45) is 0 Å². The van der Waals surface area contributed by atoms with Crippen LogP contribution in [0.4, 0.5) is 17.1 Å². The first-order valence-electron chi connectivity index (χ1n) is 20.7. The summed E-state index contributed by atoms with van der Waals surface area (Å²) in [7, 11) is 5.44. The molecule has 3 heterocycles. The maximum Gasteiger partial charge on any atom is 0.225 e. The summed E-state index contributed by atoms with van der Waals surface area (Å²) in [5, 5.41) is 44.4. The van der Waals surface area contributed by atoms with E-state index in [4.69, 9.17) is 0 Å². The zero-order valence-corrected chi connectivity index (χ0v) is 35.5. The van der Waals surface area contributed by atoms with Gasteiger partial charge in [-0.15, -0.1) is 15.3 Å². The molecule has 0 unspecified atom stereocenters. The monoisotopic (exact) mass is 849 g/mol. The number of hydrogen-bond acceptors (Lipinski definition) is 12. The molecule has 0 saturated carbocycles. The molecule has 0 aliphatic carbocycles. The van der Waals surface area contributed by atoms with Gasteiger partial charge in [0.1, 0.15) is 17.1 Å². The molecular formula is C45H51N15O3.